The van der Waals surface area contributed by atoms with Crippen LogP contribution in [0.2, 0.25) is 0 Å². The Morgan fingerprint density at radius 3 is 2.35 bits per heavy atom. The predicted octanol–water partition coefficient (Wildman–Crippen LogP) is 3.42. The Balaban J connectivity index is 2.35. The highest BCUT2D eigenvalue weighted by Gasteiger charge is 2.23. The van der Waals surface area contributed by atoms with E-state index >= 15 is 0 Å². The molecule has 0 aromatic heterocycles. The number of rotatable bonds is 5. The summed E-state index contributed by atoms with van der Waals surface area (Å²) in [4.78, 5) is 17.4. The van der Waals surface area contributed by atoms with Crippen LogP contribution in [0.15, 0.2) is 53.4 Å². The van der Waals surface area contributed by atoms with Crippen LogP contribution in [0.5, 0.6) is 0 Å². The molecule has 1 amide bonds. The van der Waals surface area contributed by atoms with Gasteiger partial charge in [-0.25, -0.2) is 8.42 Å². The summed E-state index contributed by atoms with van der Waals surface area (Å²) in [7, 11) is -1.26. The molecular weight excluding hydrogens is 352 g/mol. The maximum Gasteiger partial charge on any atom is 0.264 e. The molecule has 7 heteroatoms. The number of carbonyl (C=O) groups is 1. The molecule has 2 aromatic carbocycles. The second kappa shape index (κ2) is 7.57. The first kappa shape index (κ1) is 20.1. The number of hydrogen-bond acceptors (Lipinski definition) is 4. The molecule has 0 aliphatic heterocycles. The van der Waals surface area contributed by atoms with Crippen LogP contribution in [-0.2, 0) is 20.3 Å². The minimum absolute atomic E-state index is 0.0152. The Kier molecular flexibility index (Phi) is 5.85. The summed E-state index contributed by atoms with van der Waals surface area (Å²) in [5.74, 6) is -0.376. The molecule has 0 unspecified atom stereocenters. The molecule has 6 nitrogen and oxygen atoms in total. The first-order valence-electron chi connectivity index (χ1n) is 8.11. The first-order valence-corrected chi connectivity index (χ1v) is 9.55. The second-order valence-corrected chi connectivity index (χ2v) is 8.81. The molecule has 0 spiro atoms. The van der Waals surface area contributed by atoms with E-state index in [0.29, 0.717) is 5.69 Å². The Morgan fingerprint density at radius 1 is 1.08 bits per heavy atom. The van der Waals surface area contributed by atoms with Crippen molar-refractivity contribution >= 4 is 21.6 Å². The Hall–Kier alpha value is -2.22. The predicted molar refractivity (Wildman–Crippen MR) is 101 cm³/mol. The molecule has 0 heterocycles. The highest BCUT2D eigenvalue weighted by Crippen LogP contribution is 2.29. The van der Waals surface area contributed by atoms with Crippen molar-refractivity contribution in [1.29, 1.82) is 0 Å². The molecule has 1 N–H and O–H groups in total. The molecular formula is C19H24N2O4S. The zero-order chi connectivity index (χ0) is 19.5. The summed E-state index contributed by atoms with van der Waals surface area (Å²) in [5, 5.41) is 2.88. The summed E-state index contributed by atoms with van der Waals surface area (Å²) >= 11 is 0. The lowest BCUT2D eigenvalue weighted by Gasteiger charge is -2.23. The third-order valence-corrected chi connectivity index (χ3v) is 5.65. The number of amides is 1. The lowest BCUT2D eigenvalue weighted by molar-refractivity contribution is -0.0258. The average molecular weight is 376 g/mol. The molecule has 2 rings (SSSR count). The Labute approximate surface area is 154 Å². The fourth-order valence-electron chi connectivity index (χ4n) is 2.48. The van der Waals surface area contributed by atoms with Crippen molar-refractivity contribution < 1.29 is 18.0 Å². The van der Waals surface area contributed by atoms with Crippen LogP contribution in [0.1, 0.15) is 36.7 Å². The third-order valence-electron chi connectivity index (χ3n) is 3.97. The van der Waals surface area contributed by atoms with E-state index in [1.54, 1.807) is 6.07 Å². The van der Waals surface area contributed by atoms with Crippen LogP contribution in [-0.4, -0.2) is 33.0 Å². The van der Waals surface area contributed by atoms with E-state index in [1.165, 1.54) is 32.4 Å². The lowest BCUT2D eigenvalue weighted by Crippen LogP contribution is -2.26. The van der Waals surface area contributed by atoms with Gasteiger partial charge in [-0.15, -0.1) is 0 Å². The van der Waals surface area contributed by atoms with E-state index in [-0.39, 0.29) is 21.8 Å². The van der Waals surface area contributed by atoms with Gasteiger partial charge in [0, 0.05) is 18.3 Å². The minimum Gasteiger partial charge on any atom is -0.322 e. The zero-order valence-electron chi connectivity index (χ0n) is 15.6. The summed E-state index contributed by atoms with van der Waals surface area (Å²) in [6.07, 6.45) is 0. The van der Waals surface area contributed by atoms with Gasteiger partial charge in [-0.2, -0.15) is 0 Å². The molecule has 0 radical (unpaired) electrons. The lowest BCUT2D eigenvalue weighted by atomic mass is 9.86. The van der Waals surface area contributed by atoms with Gasteiger partial charge < -0.3 is 5.32 Å². The van der Waals surface area contributed by atoms with E-state index in [4.69, 9.17) is 4.84 Å². The van der Waals surface area contributed by atoms with Gasteiger partial charge in [-0.05, 0) is 35.2 Å². The molecule has 0 aliphatic carbocycles. The van der Waals surface area contributed by atoms with Crippen LogP contribution in [0.3, 0.4) is 0 Å². The number of sulfonamides is 1. The minimum atomic E-state index is -3.82. The maximum atomic E-state index is 12.7. The highest BCUT2D eigenvalue weighted by molar-refractivity contribution is 7.89. The first-order chi connectivity index (χ1) is 12.1. The van der Waals surface area contributed by atoms with Gasteiger partial charge in [-0.1, -0.05) is 49.5 Å². The highest BCUT2D eigenvalue weighted by atomic mass is 32.2. The van der Waals surface area contributed by atoms with Crippen molar-refractivity contribution in [3.05, 3.63) is 59.7 Å². The van der Waals surface area contributed by atoms with Crippen LogP contribution in [0, 0.1) is 0 Å². The SMILES string of the molecule is CON(C)S(=O)(=O)c1cccc(C(=O)Nc2ccccc2C(C)(C)C)c1. The molecule has 0 saturated heterocycles. The number of hydrogen-bond donors (Lipinski definition) is 1. The van der Waals surface area contributed by atoms with E-state index in [2.05, 4.69) is 26.1 Å². The fraction of sp³-hybridized carbons (Fsp3) is 0.316. The van der Waals surface area contributed by atoms with E-state index in [1.807, 2.05) is 24.3 Å². The molecule has 2 aromatic rings. The molecule has 0 saturated carbocycles. The van der Waals surface area contributed by atoms with E-state index < -0.39 is 10.0 Å². The largest absolute Gasteiger partial charge is 0.322 e. The smallest absolute Gasteiger partial charge is 0.264 e. The number of anilines is 1. The van der Waals surface area contributed by atoms with Gasteiger partial charge in [-0.3, -0.25) is 9.63 Å². The van der Waals surface area contributed by atoms with Gasteiger partial charge in [0.15, 0.2) is 0 Å². The number of nitrogens with zero attached hydrogens (tertiary/aromatic N) is 1. The standard InChI is InChI=1S/C19H24N2O4S/c1-19(2,3)16-11-6-7-12-17(16)20-18(22)14-9-8-10-15(13-14)26(23,24)21(4)25-5/h6-13H,1-5H3,(H,20,22). The summed E-state index contributed by atoms with van der Waals surface area (Å²) in [6.45, 7) is 6.18. The molecule has 0 fully saturated rings. The summed E-state index contributed by atoms with van der Waals surface area (Å²) < 4.78 is 25.5. The van der Waals surface area contributed by atoms with Gasteiger partial charge in [0.05, 0.1) is 12.0 Å². The Bertz CT molecular complexity index is 902. The van der Waals surface area contributed by atoms with Crippen LogP contribution >= 0.6 is 0 Å². The maximum absolute atomic E-state index is 12.7. The van der Waals surface area contributed by atoms with E-state index in [0.717, 1.165) is 10.0 Å². The number of benzene rings is 2. The van der Waals surface area contributed by atoms with Crippen LogP contribution in [0.25, 0.3) is 0 Å². The van der Waals surface area contributed by atoms with Crippen molar-refractivity contribution in [2.24, 2.45) is 0 Å². The van der Waals surface area contributed by atoms with Crippen molar-refractivity contribution in [2.75, 3.05) is 19.5 Å². The monoisotopic (exact) mass is 376 g/mol. The van der Waals surface area contributed by atoms with Crippen LogP contribution < -0.4 is 5.32 Å². The van der Waals surface area contributed by atoms with E-state index in [9.17, 15) is 13.2 Å². The molecule has 140 valence electrons. The van der Waals surface area contributed by atoms with Gasteiger partial charge >= 0.3 is 0 Å². The molecule has 0 atom stereocenters. The Morgan fingerprint density at radius 2 is 1.73 bits per heavy atom. The average Bonchev–Trinajstić information content (AvgIpc) is 2.60. The second-order valence-electron chi connectivity index (χ2n) is 6.87. The van der Waals surface area contributed by atoms with Gasteiger partial charge in [0.25, 0.3) is 15.9 Å². The molecule has 0 bridgehead atoms. The van der Waals surface area contributed by atoms with Gasteiger partial charge in [0.2, 0.25) is 0 Å². The number of carbonyl (C=O) groups excluding carboxylic acids is 1. The topological polar surface area (TPSA) is 75.7 Å². The van der Waals surface area contributed by atoms with Crippen molar-refractivity contribution in [1.82, 2.24) is 4.47 Å². The normalized spacial score (nSPS) is 12.2. The molecule has 26 heavy (non-hydrogen) atoms. The summed E-state index contributed by atoms with van der Waals surface area (Å²) in [6, 6.07) is 13.4. The molecule has 0 aliphatic rings. The van der Waals surface area contributed by atoms with Crippen molar-refractivity contribution in [3.8, 4) is 0 Å². The number of para-hydroxylation sites is 1. The van der Waals surface area contributed by atoms with Gasteiger partial charge in [0.1, 0.15) is 0 Å². The summed E-state index contributed by atoms with van der Waals surface area (Å²) in [5.41, 5.74) is 1.80. The fourth-order valence-corrected chi connectivity index (χ4v) is 3.50. The zero-order valence-corrected chi connectivity index (χ0v) is 16.4. The van der Waals surface area contributed by atoms with Crippen molar-refractivity contribution in [3.63, 3.8) is 0 Å². The van der Waals surface area contributed by atoms with Crippen LogP contribution in [0.4, 0.5) is 5.69 Å². The van der Waals surface area contributed by atoms with Crippen molar-refractivity contribution in [2.45, 2.75) is 31.1 Å². The third kappa shape index (κ3) is 4.30. The number of hydroxylamine groups is 1. The number of nitrogens with one attached hydrogen (secondary N) is 1. The quantitative estimate of drug-likeness (QED) is 0.812.